The molecule has 8 heteroatoms. The lowest BCUT2D eigenvalue weighted by atomic mass is 10.1. The maximum absolute atomic E-state index is 12.5. The number of nitrogens with two attached hydrogens (primary N) is 1. The van der Waals surface area contributed by atoms with E-state index in [4.69, 9.17) is 10.6 Å². The second-order valence-electron chi connectivity index (χ2n) is 4.53. The number of carbonyl (C=O) groups is 1. The average Bonchev–Trinajstić information content (AvgIpc) is 2.46. The van der Waals surface area contributed by atoms with Crippen molar-refractivity contribution in [2.75, 3.05) is 25.2 Å². The van der Waals surface area contributed by atoms with E-state index >= 15 is 0 Å². The van der Waals surface area contributed by atoms with Crippen LogP contribution in [-0.4, -0.2) is 41.5 Å². The Morgan fingerprint density at radius 1 is 1.60 bits per heavy atom. The standard InChI is InChI=1S/C12H16N4O4/c1-8-7-20-6-5-15(8)12(17)9-3-2-4-10(14-13)11(9)16(18)19/h2-4,8,14H,5-7,13H2,1H3. The van der Waals surface area contributed by atoms with Gasteiger partial charge in [-0.25, -0.2) is 0 Å². The molecule has 0 bridgehead atoms. The monoisotopic (exact) mass is 280 g/mol. The van der Waals surface area contributed by atoms with E-state index in [1.165, 1.54) is 12.1 Å². The van der Waals surface area contributed by atoms with Gasteiger partial charge < -0.3 is 15.1 Å². The lowest BCUT2D eigenvalue weighted by molar-refractivity contribution is -0.384. The molecule has 1 aliphatic rings. The van der Waals surface area contributed by atoms with Crippen LogP contribution in [0, 0.1) is 10.1 Å². The number of anilines is 1. The molecule has 0 aliphatic carbocycles. The maximum atomic E-state index is 12.5. The summed E-state index contributed by atoms with van der Waals surface area (Å²) in [6, 6.07) is 4.33. The highest BCUT2D eigenvalue weighted by molar-refractivity contribution is 6.00. The van der Waals surface area contributed by atoms with Crippen LogP contribution in [0.5, 0.6) is 0 Å². The molecule has 0 radical (unpaired) electrons. The highest BCUT2D eigenvalue weighted by atomic mass is 16.6. The first-order valence-corrected chi connectivity index (χ1v) is 6.19. The Morgan fingerprint density at radius 2 is 2.35 bits per heavy atom. The summed E-state index contributed by atoms with van der Waals surface area (Å²) in [6.07, 6.45) is 0. The van der Waals surface area contributed by atoms with Crippen molar-refractivity contribution in [1.29, 1.82) is 0 Å². The first-order chi connectivity index (χ1) is 9.56. The van der Waals surface area contributed by atoms with Crippen molar-refractivity contribution in [3.05, 3.63) is 33.9 Å². The number of morpholine rings is 1. The summed E-state index contributed by atoms with van der Waals surface area (Å²) < 4.78 is 5.26. The minimum atomic E-state index is -0.604. The fourth-order valence-corrected chi connectivity index (χ4v) is 2.21. The van der Waals surface area contributed by atoms with Crippen LogP contribution in [0.2, 0.25) is 0 Å². The Labute approximate surface area is 115 Å². The molecule has 1 atom stereocenters. The molecule has 1 aromatic carbocycles. The van der Waals surface area contributed by atoms with Gasteiger partial charge in [-0.1, -0.05) is 6.07 Å². The van der Waals surface area contributed by atoms with E-state index in [-0.39, 0.29) is 28.9 Å². The van der Waals surface area contributed by atoms with Crippen LogP contribution < -0.4 is 11.3 Å². The largest absolute Gasteiger partial charge is 0.377 e. The molecule has 0 saturated carbocycles. The third kappa shape index (κ3) is 2.56. The number of nitro groups is 1. The normalized spacial score (nSPS) is 18.7. The number of carbonyl (C=O) groups excluding carboxylic acids is 1. The van der Waals surface area contributed by atoms with E-state index < -0.39 is 4.92 Å². The number of nitrogens with one attached hydrogen (secondary N) is 1. The van der Waals surface area contributed by atoms with Gasteiger partial charge in [0.1, 0.15) is 11.3 Å². The molecular formula is C12H16N4O4. The minimum Gasteiger partial charge on any atom is -0.377 e. The van der Waals surface area contributed by atoms with Crippen molar-refractivity contribution in [3.8, 4) is 0 Å². The van der Waals surface area contributed by atoms with Crippen LogP contribution in [0.3, 0.4) is 0 Å². The predicted molar refractivity (Wildman–Crippen MR) is 72.2 cm³/mol. The molecule has 1 fully saturated rings. The fourth-order valence-electron chi connectivity index (χ4n) is 2.21. The van der Waals surface area contributed by atoms with Gasteiger partial charge in [0.15, 0.2) is 0 Å². The van der Waals surface area contributed by atoms with Crippen LogP contribution in [0.25, 0.3) is 0 Å². The Balaban J connectivity index is 2.41. The Morgan fingerprint density at radius 3 is 2.95 bits per heavy atom. The number of nitro benzene ring substituents is 1. The third-order valence-electron chi connectivity index (χ3n) is 3.23. The molecule has 1 heterocycles. The summed E-state index contributed by atoms with van der Waals surface area (Å²) in [5, 5.41) is 11.2. The number of nitrogens with zero attached hydrogens (tertiary/aromatic N) is 2. The number of benzene rings is 1. The number of nitrogen functional groups attached to an aromatic ring is 1. The number of hydrogen-bond acceptors (Lipinski definition) is 6. The first kappa shape index (κ1) is 14.2. The second kappa shape index (κ2) is 5.85. The van der Waals surface area contributed by atoms with Crippen LogP contribution >= 0.6 is 0 Å². The van der Waals surface area contributed by atoms with Gasteiger partial charge in [-0.15, -0.1) is 0 Å². The molecule has 20 heavy (non-hydrogen) atoms. The quantitative estimate of drug-likeness (QED) is 0.480. The lowest BCUT2D eigenvalue weighted by Crippen LogP contribution is -2.47. The molecule has 1 aliphatic heterocycles. The predicted octanol–water partition coefficient (Wildman–Crippen LogP) is 0.741. The Kier molecular flexibility index (Phi) is 4.16. The summed E-state index contributed by atoms with van der Waals surface area (Å²) in [7, 11) is 0. The van der Waals surface area contributed by atoms with E-state index in [9.17, 15) is 14.9 Å². The molecular weight excluding hydrogens is 264 g/mol. The van der Waals surface area contributed by atoms with E-state index in [0.717, 1.165) is 0 Å². The second-order valence-corrected chi connectivity index (χ2v) is 4.53. The van der Waals surface area contributed by atoms with Gasteiger partial charge in [0.2, 0.25) is 0 Å². The van der Waals surface area contributed by atoms with E-state index in [1.807, 2.05) is 6.92 Å². The zero-order chi connectivity index (χ0) is 14.7. The van der Waals surface area contributed by atoms with Crippen molar-refractivity contribution in [2.45, 2.75) is 13.0 Å². The highest BCUT2D eigenvalue weighted by Gasteiger charge is 2.31. The zero-order valence-corrected chi connectivity index (χ0v) is 11.0. The number of para-hydroxylation sites is 1. The van der Waals surface area contributed by atoms with Gasteiger partial charge in [-0.3, -0.25) is 20.8 Å². The van der Waals surface area contributed by atoms with Crippen LogP contribution in [-0.2, 0) is 4.74 Å². The maximum Gasteiger partial charge on any atom is 0.306 e. The highest BCUT2D eigenvalue weighted by Crippen LogP contribution is 2.29. The molecule has 108 valence electrons. The van der Waals surface area contributed by atoms with E-state index in [2.05, 4.69) is 5.43 Å². The summed E-state index contributed by atoms with van der Waals surface area (Å²) in [6.45, 7) is 3.11. The summed E-state index contributed by atoms with van der Waals surface area (Å²) >= 11 is 0. The van der Waals surface area contributed by atoms with E-state index in [0.29, 0.717) is 19.8 Å². The summed E-state index contributed by atoms with van der Waals surface area (Å²) in [5.74, 6) is 4.88. The van der Waals surface area contributed by atoms with Gasteiger partial charge in [0.05, 0.1) is 24.2 Å². The zero-order valence-electron chi connectivity index (χ0n) is 11.0. The average molecular weight is 280 g/mol. The smallest absolute Gasteiger partial charge is 0.306 e. The van der Waals surface area contributed by atoms with Gasteiger partial charge in [-0.2, -0.15) is 0 Å². The summed E-state index contributed by atoms with van der Waals surface area (Å²) in [5.41, 5.74) is 2.08. The Hall–Kier alpha value is -2.19. The van der Waals surface area contributed by atoms with Gasteiger partial charge in [-0.05, 0) is 19.1 Å². The Bertz CT molecular complexity index is 534. The van der Waals surface area contributed by atoms with Crippen molar-refractivity contribution >= 4 is 17.3 Å². The molecule has 1 aromatic rings. The summed E-state index contributed by atoms with van der Waals surface area (Å²) in [4.78, 5) is 24.7. The molecule has 0 aromatic heterocycles. The number of rotatable bonds is 3. The lowest BCUT2D eigenvalue weighted by Gasteiger charge is -2.33. The molecule has 3 N–H and O–H groups in total. The molecule has 0 spiro atoms. The third-order valence-corrected chi connectivity index (χ3v) is 3.23. The molecule has 1 saturated heterocycles. The van der Waals surface area contributed by atoms with E-state index in [1.54, 1.807) is 11.0 Å². The van der Waals surface area contributed by atoms with Crippen molar-refractivity contribution < 1.29 is 14.5 Å². The van der Waals surface area contributed by atoms with Crippen molar-refractivity contribution in [2.24, 2.45) is 5.84 Å². The first-order valence-electron chi connectivity index (χ1n) is 6.19. The number of hydrazine groups is 1. The number of ether oxygens (including phenoxy) is 1. The SMILES string of the molecule is CC1COCCN1C(=O)c1cccc(NN)c1[N+](=O)[O-]. The fraction of sp³-hybridized carbons (Fsp3) is 0.417. The molecule has 1 unspecified atom stereocenters. The number of amides is 1. The molecule has 2 rings (SSSR count). The van der Waals surface area contributed by atoms with Gasteiger partial charge in [0, 0.05) is 6.54 Å². The van der Waals surface area contributed by atoms with Gasteiger partial charge in [0.25, 0.3) is 5.91 Å². The van der Waals surface area contributed by atoms with Crippen molar-refractivity contribution in [1.82, 2.24) is 4.90 Å². The van der Waals surface area contributed by atoms with Gasteiger partial charge >= 0.3 is 5.69 Å². The molecule has 8 nitrogen and oxygen atoms in total. The van der Waals surface area contributed by atoms with Crippen LogP contribution in [0.1, 0.15) is 17.3 Å². The van der Waals surface area contributed by atoms with Crippen LogP contribution in [0.4, 0.5) is 11.4 Å². The van der Waals surface area contributed by atoms with Crippen molar-refractivity contribution in [3.63, 3.8) is 0 Å². The molecule has 1 amide bonds. The topological polar surface area (TPSA) is 111 Å². The minimum absolute atomic E-state index is 0.0270. The van der Waals surface area contributed by atoms with Crippen LogP contribution in [0.15, 0.2) is 18.2 Å². The number of hydrogen-bond donors (Lipinski definition) is 2.